The van der Waals surface area contributed by atoms with E-state index in [1.807, 2.05) is 47.4 Å². The second-order valence-corrected chi connectivity index (χ2v) is 7.43. The molecule has 2 heterocycles. The molecule has 1 N–H and O–H groups in total. The van der Waals surface area contributed by atoms with Crippen LogP contribution in [-0.4, -0.2) is 41.3 Å². The molecule has 0 bridgehead atoms. The maximum Gasteiger partial charge on any atom is 0.321 e. The monoisotopic (exact) mass is 406 g/mol. The second-order valence-electron chi connectivity index (χ2n) is 7.43. The Bertz CT molecular complexity index is 992. The topological polar surface area (TPSA) is 80.5 Å². The zero-order valence-electron chi connectivity index (χ0n) is 17.3. The predicted octanol–water partition coefficient (Wildman–Crippen LogP) is 4.72. The lowest BCUT2D eigenvalue weighted by molar-refractivity contribution is 0.187. The summed E-state index contributed by atoms with van der Waals surface area (Å²) in [5, 5.41) is 7.12. The number of carbonyl (C=O) groups excluding carboxylic acids is 1. The lowest BCUT2D eigenvalue weighted by atomic mass is 9.97. The third-order valence-electron chi connectivity index (χ3n) is 5.51. The molecular formula is C23H26N4O3. The summed E-state index contributed by atoms with van der Waals surface area (Å²) in [4.78, 5) is 19.0. The number of benzene rings is 2. The van der Waals surface area contributed by atoms with Crippen molar-refractivity contribution in [1.82, 2.24) is 15.0 Å². The van der Waals surface area contributed by atoms with Crippen LogP contribution in [0.2, 0.25) is 0 Å². The van der Waals surface area contributed by atoms with Crippen molar-refractivity contribution >= 4 is 11.7 Å². The summed E-state index contributed by atoms with van der Waals surface area (Å²) in [6.07, 6.45) is 2.54. The van der Waals surface area contributed by atoms with E-state index in [-0.39, 0.29) is 11.9 Å². The van der Waals surface area contributed by atoms with Crippen molar-refractivity contribution in [2.75, 3.05) is 25.5 Å². The van der Waals surface area contributed by atoms with Crippen molar-refractivity contribution in [3.05, 3.63) is 60.0 Å². The summed E-state index contributed by atoms with van der Waals surface area (Å²) < 4.78 is 10.7. The fraction of sp³-hybridized carbons (Fsp3) is 0.348. The van der Waals surface area contributed by atoms with Gasteiger partial charge in [0, 0.05) is 30.3 Å². The standard InChI is InChI=1S/C23H26N4O3/c1-3-16-5-4-6-19(15-16)24-23(28)27-13-11-18(12-14-27)22-25-21(26-30-22)17-7-9-20(29-2)10-8-17/h4-10,15,18H,3,11-14H2,1-2H3,(H,24,28). The molecule has 4 rings (SSSR count). The molecule has 3 aromatic rings. The van der Waals surface area contributed by atoms with Crippen LogP contribution in [0.25, 0.3) is 11.4 Å². The number of hydrogen-bond donors (Lipinski definition) is 1. The van der Waals surface area contributed by atoms with Crippen molar-refractivity contribution in [2.45, 2.75) is 32.1 Å². The highest BCUT2D eigenvalue weighted by atomic mass is 16.5. The molecule has 2 amide bonds. The number of ether oxygens (including phenoxy) is 1. The normalized spacial score (nSPS) is 14.5. The fourth-order valence-corrected chi connectivity index (χ4v) is 3.66. The number of urea groups is 1. The molecule has 7 heteroatoms. The van der Waals surface area contributed by atoms with Gasteiger partial charge in [-0.3, -0.25) is 0 Å². The van der Waals surface area contributed by atoms with Gasteiger partial charge in [0.1, 0.15) is 5.75 Å². The van der Waals surface area contributed by atoms with Gasteiger partial charge < -0.3 is 19.5 Å². The number of likely N-dealkylation sites (tertiary alicyclic amines) is 1. The van der Waals surface area contributed by atoms with E-state index in [0.717, 1.165) is 36.3 Å². The van der Waals surface area contributed by atoms with Gasteiger partial charge in [0.05, 0.1) is 7.11 Å². The van der Waals surface area contributed by atoms with Gasteiger partial charge in [0.25, 0.3) is 0 Å². The van der Waals surface area contributed by atoms with Crippen LogP contribution < -0.4 is 10.1 Å². The first-order valence-electron chi connectivity index (χ1n) is 10.3. The highest BCUT2D eigenvalue weighted by Gasteiger charge is 2.27. The summed E-state index contributed by atoms with van der Waals surface area (Å²) in [6, 6.07) is 15.5. The molecule has 2 aromatic carbocycles. The predicted molar refractivity (Wildman–Crippen MR) is 115 cm³/mol. The minimum absolute atomic E-state index is 0.0637. The van der Waals surface area contributed by atoms with Crippen molar-refractivity contribution in [2.24, 2.45) is 0 Å². The van der Waals surface area contributed by atoms with Gasteiger partial charge in [0.15, 0.2) is 0 Å². The fourth-order valence-electron chi connectivity index (χ4n) is 3.66. The van der Waals surface area contributed by atoms with Gasteiger partial charge in [-0.05, 0) is 61.2 Å². The Morgan fingerprint density at radius 1 is 1.20 bits per heavy atom. The number of anilines is 1. The Morgan fingerprint density at radius 3 is 2.67 bits per heavy atom. The smallest absolute Gasteiger partial charge is 0.321 e. The summed E-state index contributed by atoms with van der Waals surface area (Å²) in [5.41, 5.74) is 2.93. The number of amides is 2. The SMILES string of the molecule is CCc1cccc(NC(=O)N2CCC(c3nc(-c4ccc(OC)cc4)no3)CC2)c1. The van der Waals surface area contributed by atoms with Gasteiger partial charge in [-0.15, -0.1) is 0 Å². The molecule has 0 atom stereocenters. The molecule has 1 aliphatic rings. The zero-order valence-corrected chi connectivity index (χ0v) is 17.3. The van der Waals surface area contributed by atoms with Crippen molar-refractivity contribution in [1.29, 1.82) is 0 Å². The molecule has 7 nitrogen and oxygen atoms in total. The number of piperidine rings is 1. The van der Waals surface area contributed by atoms with Crippen LogP contribution in [-0.2, 0) is 6.42 Å². The lowest BCUT2D eigenvalue weighted by Crippen LogP contribution is -2.40. The van der Waals surface area contributed by atoms with Gasteiger partial charge >= 0.3 is 6.03 Å². The molecule has 1 aliphatic heterocycles. The van der Waals surface area contributed by atoms with E-state index in [0.29, 0.717) is 24.8 Å². The third-order valence-corrected chi connectivity index (χ3v) is 5.51. The van der Waals surface area contributed by atoms with E-state index in [9.17, 15) is 4.79 Å². The van der Waals surface area contributed by atoms with Crippen molar-refractivity contribution in [3.8, 4) is 17.1 Å². The van der Waals surface area contributed by atoms with Crippen LogP contribution in [0.1, 0.15) is 37.1 Å². The number of hydrogen-bond acceptors (Lipinski definition) is 5. The van der Waals surface area contributed by atoms with Crippen LogP contribution >= 0.6 is 0 Å². The number of nitrogens with one attached hydrogen (secondary N) is 1. The lowest BCUT2D eigenvalue weighted by Gasteiger charge is -2.30. The summed E-state index contributed by atoms with van der Waals surface area (Å²) in [7, 11) is 1.64. The van der Waals surface area contributed by atoms with Crippen LogP contribution in [0.5, 0.6) is 5.75 Å². The first kappa shape index (κ1) is 19.9. The molecule has 0 unspecified atom stereocenters. The summed E-state index contributed by atoms with van der Waals surface area (Å²) >= 11 is 0. The van der Waals surface area contributed by atoms with E-state index in [2.05, 4.69) is 28.4 Å². The Kier molecular flexibility index (Phi) is 5.97. The molecule has 1 saturated heterocycles. The average molecular weight is 406 g/mol. The summed E-state index contributed by atoms with van der Waals surface area (Å²) in [5.74, 6) is 2.16. The molecule has 0 aliphatic carbocycles. The Labute approximate surface area is 176 Å². The molecule has 0 radical (unpaired) electrons. The van der Waals surface area contributed by atoms with Crippen molar-refractivity contribution in [3.63, 3.8) is 0 Å². The Balaban J connectivity index is 1.34. The third kappa shape index (κ3) is 4.45. The minimum Gasteiger partial charge on any atom is -0.497 e. The van der Waals surface area contributed by atoms with Crippen LogP contribution in [0.4, 0.5) is 10.5 Å². The molecule has 1 aromatic heterocycles. The number of aryl methyl sites for hydroxylation is 1. The van der Waals surface area contributed by atoms with Crippen molar-refractivity contribution < 1.29 is 14.1 Å². The average Bonchev–Trinajstić information content (AvgIpc) is 3.29. The number of aromatic nitrogens is 2. The number of methoxy groups -OCH3 is 1. The van der Waals surface area contributed by atoms with E-state index in [1.165, 1.54) is 5.56 Å². The summed E-state index contributed by atoms with van der Waals surface area (Å²) in [6.45, 7) is 3.41. The Morgan fingerprint density at radius 2 is 1.97 bits per heavy atom. The minimum atomic E-state index is -0.0637. The van der Waals surface area contributed by atoms with E-state index in [4.69, 9.17) is 9.26 Å². The van der Waals surface area contributed by atoms with Gasteiger partial charge in [-0.25, -0.2) is 4.79 Å². The van der Waals surface area contributed by atoms with E-state index in [1.54, 1.807) is 7.11 Å². The maximum absolute atomic E-state index is 12.6. The van der Waals surface area contributed by atoms with Gasteiger partial charge in [-0.1, -0.05) is 24.2 Å². The first-order valence-corrected chi connectivity index (χ1v) is 10.3. The molecule has 1 fully saturated rings. The van der Waals surface area contributed by atoms with Crippen LogP contribution in [0, 0.1) is 0 Å². The molecular weight excluding hydrogens is 380 g/mol. The van der Waals surface area contributed by atoms with E-state index >= 15 is 0 Å². The molecule has 0 saturated carbocycles. The van der Waals surface area contributed by atoms with Gasteiger partial charge in [-0.2, -0.15) is 4.98 Å². The molecule has 30 heavy (non-hydrogen) atoms. The first-order chi connectivity index (χ1) is 14.7. The highest BCUT2D eigenvalue weighted by molar-refractivity contribution is 5.89. The maximum atomic E-state index is 12.6. The van der Waals surface area contributed by atoms with E-state index < -0.39 is 0 Å². The number of carbonyl (C=O) groups is 1. The second kappa shape index (κ2) is 8.98. The number of nitrogens with zero attached hydrogens (tertiary/aromatic N) is 3. The largest absolute Gasteiger partial charge is 0.497 e. The van der Waals surface area contributed by atoms with Gasteiger partial charge in [0.2, 0.25) is 11.7 Å². The number of rotatable bonds is 5. The molecule has 156 valence electrons. The Hall–Kier alpha value is -3.35. The highest BCUT2D eigenvalue weighted by Crippen LogP contribution is 2.29. The van der Waals surface area contributed by atoms with Crippen LogP contribution in [0.15, 0.2) is 53.1 Å². The van der Waals surface area contributed by atoms with Crippen LogP contribution in [0.3, 0.4) is 0 Å². The molecule has 0 spiro atoms. The quantitative estimate of drug-likeness (QED) is 0.663. The zero-order chi connectivity index (χ0) is 20.9.